The van der Waals surface area contributed by atoms with E-state index >= 15 is 0 Å². The number of hydrogen-bond acceptors (Lipinski definition) is 5. The van der Waals surface area contributed by atoms with Crippen molar-refractivity contribution in [2.45, 2.75) is 20.3 Å². The number of carboxylic acids is 1. The number of aliphatic carboxylic acids is 1. The highest BCUT2D eigenvalue weighted by Gasteiger charge is 2.20. The van der Waals surface area contributed by atoms with Gasteiger partial charge in [0.15, 0.2) is 0 Å². The molecule has 8 nitrogen and oxygen atoms in total. The predicted molar refractivity (Wildman–Crippen MR) is 85.2 cm³/mol. The Morgan fingerprint density at radius 3 is 2.52 bits per heavy atom. The van der Waals surface area contributed by atoms with Gasteiger partial charge in [-0.05, 0) is 18.4 Å². The van der Waals surface area contributed by atoms with Crippen molar-refractivity contribution in [2.75, 3.05) is 18.4 Å². The SMILES string of the molecule is CC(C)CC(CNC(=O)CNc1ccccc1[N+](=O)[O-])C(=O)O. The molecule has 8 heteroatoms. The lowest BCUT2D eigenvalue weighted by Crippen LogP contribution is -2.36. The van der Waals surface area contributed by atoms with Crippen molar-refractivity contribution < 1.29 is 19.6 Å². The van der Waals surface area contributed by atoms with Gasteiger partial charge in [0.25, 0.3) is 5.69 Å². The van der Waals surface area contributed by atoms with Crippen LogP contribution in [0.2, 0.25) is 0 Å². The fourth-order valence-corrected chi connectivity index (χ4v) is 2.10. The Morgan fingerprint density at radius 2 is 1.96 bits per heavy atom. The smallest absolute Gasteiger partial charge is 0.308 e. The van der Waals surface area contributed by atoms with Crippen molar-refractivity contribution in [3.63, 3.8) is 0 Å². The molecule has 3 N–H and O–H groups in total. The molecule has 0 aromatic heterocycles. The van der Waals surface area contributed by atoms with E-state index in [-0.39, 0.29) is 30.4 Å². The van der Waals surface area contributed by atoms with Gasteiger partial charge in [0, 0.05) is 12.6 Å². The molecule has 1 rings (SSSR count). The summed E-state index contributed by atoms with van der Waals surface area (Å²) in [6.07, 6.45) is 0.465. The van der Waals surface area contributed by atoms with Crippen LogP contribution in [0.5, 0.6) is 0 Å². The molecule has 0 aliphatic carbocycles. The summed E-state index contributed by atoms with van der Waals surface area (Å²) < 4.78 is 0. The number of benzene rings is 1. The third-order valence-corrected chi connectivity index (χ3v) is 3.19. The number of rotatable bonds is 9. The Morgan fingerprint density at radius 1 is 1.30 bits per heavy atom. The zero-order valence-electron chi connectivity index (χ0n) is 13.1. The van der Waals surface area contributed by atoms with E-state index in [9.17, 15) is 19.7 Å². The van der Waals surface area contributed by atoms with Crippen LogP contribution in [0.15, 0.2) is 24.3 Å². The van der Waals surface area contributed by atoms with Crippen LogP contribution in [0.3, 0.4) is 0 Å². The summed E-state index contributed by atoms with van der Waals surface area (Å²) in [4.78, 5) is 33.2. The largest absolute Gasteiger partial charge is 0.481 e. The lowest BCUT2D eigenvalue weighted by atomic mass is 9.97. The molecule has 23 heavy (non-hydrogen) atoms. The minimum absolute atomic E-state index is 0.0326. The maximum absolute atomic E-state index is 11.8. The zero-order valence-corrected chi connectivity index (χ0v) is 13.1. The highest BCUT2D eigenvalue weighted by molar-refractivity contribution is 5.82. The molecule has 1 aromatic rings. The minimum Gasteiger partial charge on any atom is -0.481 e. The van der Waals surface area contributed by atoms with Crippen molar-refractivity contribution in [1.82, 2.24) is 5.32 Å². The van der Waals surface area contributed by atoms with Gasteiger partial charge in [-0.25, -0.2) is 0 Å². The monoisotopic (exact) mass is 323 g/mol. The van der Waals surface area contributed by atoms with Crippen LogP contribution in [0.1, 0.15) is 20.3 Å². The van der Waals surface area contributed by atoms with Crippen molar-refractivity contribution >= 4 is 23.3 Å². The van der Waals surface area contributed by atoms with Crippen molar-refractivity contribution in [2.24, 2.45) is 11.8 Å². The van der Waals surface area contributed by atoms with Crippen LogP contribution in [-0.4, -0.2) is 35.0 Å². The number of nitrogens with zero attached hydrogens (tertiary/aromatic N) is 1. The van der Waals surface area contributed by atoms with E-state index in [0.717, 1.165) is 0 Å². The molecule has 0 saturated carbocycles. The van der Waals surface area contributed by atoms with Gasteiger partial charge in [-0.2, -0.15) is 0 Å². The van der Waals surface area contributed by atoms with E-state index in [2.05, 4.69) is 10.6 Å². The van der Waals surface area contributed by atoms with Gasteiger partial charge >= 0.3 is 5.97 Å². The summed E-state index contributed by atoms with van der Waals surface area (Å²) in [6, 6.07) is 6.00. The molecular formula is C15H21N3O5. The molecule has 1 aromatic carbocycles. The first-order valence-electron chi connectivity index (χ1n) is 7.28. The van der Waals surface area contributed by atoms with Gasteiger partial charge in [0.1, 0.15) is 5.69 Å². The van der Waals surface area contributed by atoms with Crippen LogP contribution < -0.4 is 10.6 Å². The molecule has 126 valence electrons. The van der Waals surface area contributed by atoms with E-state index in [1.807, 2.05) is 13.8 Å². The topological polar surface area (TPSA) is 122 Å². The highest BCUT2D eigenvalue weighted by atomic mass is 16.6. The minimum atomic E-state index is -0.953. The lowest BCUT2D eigenvalue weighted by Gasteiger charge is -2.15. The Bertz CT molecular complexity index is 574. The number of anilines is 1. The van der Waals surface area contributed by atoms with E-state index in [0.29, 0.717) is 6.42 Å². The van der Waals surface area contributed by atoms with Gasteiger partial charge in [0.2, 0.25) is 5.91 Å². The van der Waals surface area contributed by atoms with Crippen LogP contribution >= 0.6 is 0 Å². The molecule has 0 aliphatic heterocycles. The zero-order chi connectivity index (χ0) is 17.4. The van der Waals surface area contributed by atoms with Gasteiger partial charge in [0.05, 0.1) is 17.4 Å². The fourth-order valence-electron chi connectivity index (χ4n) is 2.10. The highest BCUT2D eigenvalue weighted by Crippen LogP contribution is 2.22. The second kappa shape index (κ2) is 8.72. The Balaban J connectivity index is 2.51. The van der Waals surface area contributed by atoms with Crippen LogP contribution in [0, 0.1) is 22.0 Å². The van der Waals surface area contributed by atoms with Crippen molar-refractivity contribution in [1.29, 1.82) is 0 Å². The number of amides is 1. The normalized spacial score (nSPS) is 11.8. The predicted octanol–water partition coefficient (Wildman–Crippen LogP) is 1.87. The van der Waals surface area contributed by atoms with Crippen LogP contribution in [0.4, 0.5) is 11.4 Å². The van der Waals surface area contributed by atoms with Crippen LogP contribution in [0.25, 0.3) is 0 Å². The number of nitro benzene ring substituents is 1. The third kappa shape index (κ3) is 6.33. The molecular weight excluding hydrogens is 302 g/mol. The molecule has 0 fully saturated rings. The van der Waals surface area contributed by atoms with E-state index in [1.54, 1.807) is 6.07 Å². The average Bonchev–Trinajstić information content (AvgIpc) is 2.48. The standard InChI is InChI=1S/C15H21N3O5/c1-10(2)7-11(15(20)21)8-17-14(19)9-16-12-5-3-4-6-13(12)18(22)23/h3-6,10-11,16H,7-9H2,1-2H3,(H,17,19)(H,20,21). The Labute approximate surface area is 134 Å². The molecule has 0 saturated heterocycles. The molecule has 0 bridgehead atoms. The summed E-state index contributed by atoms with van der Waals surface area (Å²) in [5.74, 6) is -1.81. The number of hydrogen-bond donors (Lipinski definition) is 3. The summed E-state index contributed by atoms with van der Waals surface area (Å²) in [6.45, 7) is 3.69. The van der Waals surface area contributed by atoms with E-state index in [4.69, 9.17) is 5.11 Å². The van der Waals surface area contributed by atoms with Crippen molar-refractivity contribution in [3.8, 4) is 0 Å². The summed E-state index contributed by atoms with van der Waals surface area (Å²) in [5.41, 5.74) is 0.119. The van der Waals surface area contributed by atoms with Gasteiger partial charge < -0.3 is 15.7 Å². The van der Waals surface area contributed by atoms with Crippen LogP contribution in [-0.2, 0) is 9.59 Å². The molecule has 0 radical (unpaired) electrons. The number of carbonyl (C=O) groups excluding carboxylic acids is 1. The maximum Gasteiger partial charge on any atom is 0.308 e. The molecule has 0 aliphatic rings. The summed E-state index contributed by atoms with van der Waals surface area (Å²) in [5, 5.41) is 25.2. The summed E-state index contributed by atoms with van der Waals surface area (Å²) >= 11 is 0. The number of para-hydroxylation sites is 2. The van der Waals surface area contributed by atoms with Crippen molar-refractivity contribution in [3.05, 3.63) is 34.4 Å². The molecule has 0 spiro atoms. The quantitative estimate of drug-likeness (QED) is 0.471. The fraction of sp³-hybridized carbons (Fsp3) is 0.467. The number of carbonyl (C=O) groups is 2. The van der Waals surface area contributed by atoms with Gasteiger partial charge in [-0.15, -0.1) is 0 Å². The molecule has 0 heterocycles. The number of nitrogens with one attached hydrogen (secondary N) is 2. The second-order valence-electron chi connectivity index (χ2n) is 5.60. The van der Waals surface area contributed by atoms with E-state index < -0.39 is 22.7 Å². The molecule has 1 unspecified atom stereocenters. The van der Waals surface area contributed by atoms with E-state index in [1.165, 1.54) is 18.2 Å². The average molecular weight is 323 g/mol. The maximum atomic E-state index is 11.8. The summed E-state index contributed by atoms with van der Waals surface area (Å²) in [7, 11) is 0. The number of carboxylic acid groups (broad SMARTS) is 1. The Hall–Kier alpha value is -2.64. The Kier molecular flexibility index (Phi) is 6.98. The first-order valence-corrected chi connectivity index (χ1v) is 7.28. The third-order valence-electron chi connectivity index (χ3n) is 3.19. The first-order chi connectivity index (χ1) is 10.8. The lowest BCUT2D eigenvalue weighted by molar-refractivity contribution is -0.383. The van der Waals surface area contributed by atoms with Gasteiger partial charge in [-0.3, -0.25) is 19.7 Å². The molecule has 1 amide bonds. The van der Waals surface area contributed by atoms with Gasteiger partial charge in [-0.1, -0.05) is 26.0 Å². The first kappa shape index (κ1) is 18.4. The number of nitro groups is 1. The molecule has 1 atom stereocenters. The second-order valence-corrected chi connectivity index (χ2v) is 5.60.